The van der Waals surface area contributed by atoms with Crippen LogP contribution in [0.5, 0.6) is 0 Å². The maximum absolute atomic E-state index is 5.88. The number of nitrogen functional groups attached to an aromatic ring is 1. The third-order valence-electron chi connectivity index (χ3n) is 3.76. The zero-order chi connectivity index (χ0) is 14.7. The van der Waals surface area contributed by atoms with Crippen molar-refractivity contribution >= 4 is 5.82 Å². The molecular weight excluding hydrogens is 264 g/mol. The summed E-state index contributed by atoms with van der Waals surface area (Å²) in [5, 5.41) is 0. The SMILES string of the molecule is CCOC(c1ccccc1)c1nc2c(c(NN)n1)CCC2. The number of benzene rings is 1. The van der Waals surface area contributed by atoms with Crippen molar-refractivity contribution in [3.05, 3.63) is 53.0 Å². The zero-order valence-electron chi connectivity index (χ0n) is 12.2. The van der Waals surface area contributed by atoms with Crippen molar-refractivity contribution in [2.75, 3.05) is 12.0 Å². The third kappa shape index (κ3) is 2.75. The van der Waals surface area contributed by atoms with E-state index >= 15 is 0 Å². The highest BCUT2D eigenvalue weighted by Gasteiger charge is 2.24. The molecule has 5 heteroatoms. The van der Waals surface area contributed by atoms with Crippen LogP contribution in [0.2, 0.25) is 0 Å². The van der Waals surface area contributed by atoms with Gasteiger partial charge in [0.25, 0.3) is 0 Å². The van der Waals surface area contributed by atoms with E-state index in [4.69, 9.17) is 15.6 Å². The summed E-state index contributed by atoms with van der Waals surface area (Å²) in [7, 11) is 0. The largest absolute Gasteiger partial charge is 0.366 e. The lowest BCUT2D eigenvalue weighted by Gasteiger charge is -2.18. The molecule has 0 saturated heterocycles. The van der Waals surface area contributed by atoms with Gasteiger partial charge < -0.3 is 10.2 Å². The van der Waals surface area contributed by atoms with E-state index < -0.39 is 0 Å². The van der Waals surface area contributed by atoms with Crippen LogP contribution in [-0.2, 0) is 17.6 Å². The van der Waals surface area contributed by atoms with Crippen LogP contribution in [0.15, 0.2) is 30.3 Å². The molecular formula is C16H20N4O. The normalized spacial score (nSPS) is 14.8. The van der Waals surface area contributed by atoms with Crippen molar-refractivity contribution in [3.63, 3.8) is 0 Å². The number of hydrazine groups is 1. The van der Waals surface area contributed by atoms with Gasteiger partial charge in [0.1, 0.15) is 11.9 Å². The molecule has 0 amide bonds. The zero-order valence-corrected chi connectivity index (χ0v) is 12.2. The minimum absolute atomic E-state index is 0.255. The highest BCUT2D eigenvalue weighted by atomic mass is 16.5. The van der Waals surface area contributed by atoms with E-state index in [0.717, 1.165) is 41.9 Å². The Hall–Kier alpha value is -1.98. The second-order valence-electron chi connectivity index (χ2n) is 5.10. The molecule has 0 radical (unpaired) electrons. The number of rotatable bonds is 5. The van der Waals surface area contributed by atoms with Crippen LogP contribution < -0.4 is 11.3 Å². The molecule has 5 nitrogen and oxygen atoms in total. The molecule has 1 aliphatic rings. The molecule has 1 aliphatic carbocycles. The van der Waals surface area contributed by atoms with Crippen LogP contribution in [0.3, 0.4) is 0 Å². The van der Waals surface area contributed by atoms with Gasteiger partial charge in [0.05, 0.1) is 0 Å². The minimum Gasteiger partial charge on any atom is -0.366 e. The fourth-order valence-corrected chi connectivity index (χ4v) is 2.80. The maximum atomic E-state index is 5.88. The number of nitrogens with two attached hydrogens (primary N) is 1. The number of hydrogen-bond acceptors (Lipinski definition) is 5. The van der Waals surface area contributed by atoms with E-state index in [-0.39, 0.29) is 6.10 Å². The van der Waals surface area contributed by atoms with Gasteiger partial charge in [0.15, 0.2) is 5.82 Å². The average Bonchev–Trinajstić information content (AvgIpc) is 3.01. The Morgan fingerprint density at radius 2 is 2.05 bits per heavy atom. The van der Waals surface area contributed by atoms with Crippen molar-refractivity contribution in [1.82, 2.24) is 9.97 Å². The van der Waals surface area contributed by atoms with Gasteiger partial charge in [0.2, 0.25) is 0 Å². The lowest BCUT2D eigenvalue weighted by Crippen LogP contribution is -2.17. The fraction of sp³-hybridized carbons (Fsp3) is 0.375. The molecule has 21 heavy (non-hydrogen) atoms. The van der Waals surface area contributed by atoms with Crippen molar-refractivity contribution in [2.45, 2.75) is 32.3 Å². The molecule has 0 spiro atoms. The van der Waals surface area contributed by atoms with Crippen molar-refractivity contribution in [3.8, 4) is 0 Å². The highest BCUT2D eigenvalue weighted by molar-refractivity contribution is 5.48. The van der Waals surface area contributed by atoms with Gasteiger partial charge in [-0.25, -0.2) is 15.8 Å². The summed E-state index contributed by atoms with van der Waals surface area (Å²) in [5.41, 5.74) is 6.00. The first-order valence-corrected chi connectivity index (χ1v) is 7.36. The number of ether oxygens (including phenoxy) is 1. The van der Waals surface area contributed by atoms with Crippen LogP contribution in [0, 0.1) is 0 Å². The van der Waals surface area contributed by atoms with E-state index in [1.165, 1.54) is 0 Å². The minimum atomic E-state index is -0.255. The second kappa shape index (κ2) is 6.20. The summed E-state index contributed by atoms with van der Waals surface area (Å²) in [5.74, 6) is 7.03. The molecule has 1 unspecified atom stereocenters. The average molecular weight is 284 g/mol. The topological polar surface area (TPSA) is 73.1 Å². The lowest BCUT2D eigenvalue weighted by molar-refractivity contribution is 0.0850. The number of hydrogen-bond donors (Lipinski definition) is 2. The Bertz CT molecular complexity index is 615. The highest BCUT2D eigenvalue weighted by Crippen LogP contribution is 2.30. The molecule has 0 saturated carbocycles. The van der Waals surface area contributed by atoms with E-state index in [2.05, 4.69) is 10.4 Å². The van der Waals surface area contributed by atoms with Gasteiger partial charge in [0, 0.05) is 17.9 Å². The van der Waals surface area contributed by atoms with Gasteiger partial charge in [-0.15, -0.1) is 0 Å². The summed E-state index contributed by atoms with van der Waals surface area (Å²) in [6.45, 7) is 2.58. The first kappa shape index (κ1) is 14.0. The summed E-state index contributed by atoms with van der Waals surface area (Å²) in [6.07, 6.45) is 2.81. The van der Waals surface area contributed by atoms with Gasteiger partial charge in [-0.05, 0) is 31.7 Å². The first-order valence-electron chi connectivity index (χ1n) is 7.36. The molecule has 0 aliphatic heterocycles. The molecule has 1 aromatic heterocycles. The molecule has 1 heterocycles. The standard InChI is InChI=1S/C16H20N4O/c1-2-21-14(11-7-4-3-5-8-11)16-18-13-10-6-9-12(13)15(19-16)20-17/h3-5,7-8,14H,2,6,9-10,17H2,1H3,(H,18,19,20). The van der Waals surface area contributed by atoms with Crippen LogP contribution in [0.25, 0.3) is 0 Å². The van der Waals surface area contributed by atoms with Gasteiger partial charge in [-0.2, -0.15) is 0 Å². The van der Waals surface area contributed by atoms with Crippen molar-refractivity contribution in [2.24, 2.45) is 5.84 Å². The van der Waals surface area contributed by atoms with Crippen LogP contribution in [0.1, 0.15) is 42.1 Å². The number of nitrogens with one attached hydrogen (secondary N) is 1. The smallest absolute Gasteiger partial charge is 0.164 e. The summed E-state index contributed by atoms with van der Waals surface area (Å²) >= 11 is 0. The molecule has 110 valence electrons. The van der Waals surface area contributed by atoms with Crippen molar-refractivity contribution < 1.29 is 4.74 Å². The van der Waals surface area contributed by atoms with E-state index in [1.54, 1.807) is 0 Å². The summed E-state index contributed by atoms with van der Waals surface area (Å²) in [6, 6.07) is 10.1. The molecule has 1 aromatic carbocycles. The van der Waals surface area contributed by atoms with E-state index in [9.17, 15) is 0 Å². The van der Waals surface area contributed by atoms with Crippen LogP contribution in [0.4, 0.5) is 5.82 Å². The molecule has 3 N–H and O–H groups in total. The molecule has 0 bridgehead atoms. The molecule has 1 atom stereocenters. The number of nitrogens with zero attached hydrogens (tertiary/aromatic N) is 2. The lowest BCUT2D eigenvalue weighted by atomic mass is 10.1. The summed E-state index contributed by atoms with van der Waals surface area (Å²) < 4.78 is 5.88. The van der Waals surface area contributed by atoms with Gasteiger partial charge in [-0.3, -0.25) is 0 Å². The maximum Gasteiger partial charge on any atom is 0.164 e. The Morgan fingerprint density at radius 1 is 1.24 bits per heavy atom. The van der Waals surface area contributed by atoms with Crippen LogP contribution in [-0.4, -0.2) is 16.6 Å². The number of fused-ring (bicyclic) bond motifs is 1. The Morgan fingerprint density at radius 3 is 2.76 bits per heavy atom. The third-order valence-corrected chi connectivity index (χ3v) is 3.76. The Kier molecular flexibility index (Phi) is 4.13. The molecule has 3 rings (SSSR count). The Balaban J connectivity index is 2.04. The van der Waals surface area contributed by atoms with Gasteiger partial charge >= 0.3 is 0 Å². The summed E-state index contributed by atoms with van der Waals surface area (Å²) in [4.78, 5) is 9.31. The first-order chi connectivity index (χ1) is 10.3. The van der Waals surface area contributed by atoms with Gasteiger partial charge in [-0.1, -0.05) is 30.3 Å². The number of anilines is 1. The molecule has 2 aromatic rings. The Labute approximate surface area is 124 Å². The number of aromatic nitrogens is 2. The molecule has 0 fully saturated rings. The predicted octanol–water partition coefficient (Wildman–Crippen LogP) is 2.38. The quantitative estimate of drug-likeness (QED) is 0.651. The van der Waals surface area contributed by atoms with Crippen LogP contribution >= 0.6 is 0 Å². The van der Waals surface area contributed by atoms with E-state index in [1.807, 2.05) is 37.3 Å². The fourth-order valence-electron chi connectivity index (χ4n) is 2.80. The van der Waals surface area contributed by atoms with Crippen molar-refractivity contribution in [1.29, 1.82) is 0 Å². The monoisotopic (exact) mass is 284 g/mol. The second-order valence-corrected chi connectivity index (χ2v) is 5.10. The predicted molar refractivity (Wildman–Crippen MR) is 81.8 cm³/mol. The number of aryl methyl sites for hydroxylation is 1. The van der Waals surface area contributed by atoms with E-state index in [0.29, 0.717) is 12.4 Å².